The second-order valence-electron chi connectivity index (χ2n) is 5.36. The first-order valence-electron chi connectivity index (χ1n) is 6.27. The number of aliphatic hydroxyl groups excluding tert-OH is 1. The van der Waals surface area contributed by atoms with E-state index in [0.717, 1.165) is 0 Å². The summed E-state index contributed by atoms with van der Waals surface area (Å²) in [6, 6.07) is 0. The number of aliphatic hydroxyl groups is 1. The molecule has 0 radical (unpaired) electrons. The Balaban J connectivity index is 2.49. The van der Waals surface area contributed by atoms with Gasteiger partial charge in [-0.2, -0.15) is 0 Å². The predicted molar refractivity (Wildman–Crippen MR) is 67.3 cm³/mol. The molecule has 2 aliphatic rings. The van der Waals surface area contributed by atoms with Gasteiger partial charge in [-0.3, -0.25) is 25.1 Å². The second kappa shape index (κ2) is 4.98. The number of rotatable bonds is 5. The van der Waals surface area contributed by atoms with Crippen LogP contribution < -0.4 is 0 Å². The van der Waals surface area contributed by atoms with Gasteiger partial charge in [0.15, 0.2) is 5.76 Å². The van der Waals surface area contributed by atoms with Gasteiger partial charge in [-0.1, -0.05) is 0 Å². The highest BCUT2D eigenvalue weighted by molar-refractivity contribution is 5.23. The van der Waals surface area contributed by atoms with E-state index in [1.807, 2.05) is 0 Å². The minimum Gasteiger partial charge on any atom is -0.494 e. The molecule has 0 unspecified atom stereocenters. The van der Waals surface area contributed by atoms with Crippen LogP contribution >= 0.6 is 0 Å². The molecule has 1 fully saturated rings. The van der Waals surface area contributed by atoms with Gasteiger partial charge in [0.25, 0.3) is 5.54 Å². The molecule has 1 N–H and O–H groups in total. The van der Waals surface area contributed by atoms with Crippen molar-refractivity contribution in [2.45, 2.75) is 23.9 Å². The molecule has 9 heteroatoms. The van der Waals surface area contributed by atoms with Gasteiger partial charge >= 0.3 is 0 Å². The zero-order valence-electron chi connectivity index (χ0n) is 11.2. The molecule has 112 valence electrons. The van der Waals surface area contributed by atoms with E-state index in [2.05, 4.69) is 0 Å². The van der Waals surface area contributed by atoms with Crippen LogP contribution in [0.4, 0.5) is 0 Å². The zero-order valence-corrected chi connectivity index (χ0v) is 11.2. The van der Waals surface area contributed by atoms with Crippen molar-refractivity contribution in [2.75, 3.05) is 33.4 Å². The normalized spacial score (nSPS) is 33.4. The molecule has 2 bridgehead atoms. The Morgan fingerprint density at radius 1 is 1.40 bits per heavy atom. The Bertz CT molecular complexity index is 467. The Hall–Kier alpha value is -1.74. The summed E-state index contributed by atoms with van der Waals surface area (Å²) in [5, 5.41) is 32.0. The molecule has 1 aliphatic carbocycles. The summed E-state index contributed by atoms with van der Waals surface area (Å²) in [6.07, 6.45) is 1.38. The maximum absolute atomic E-state index is 11.5. The fourth-order valence-corrected chi connectivity index (χ4v) is 3.25. The molecule has 0 amide bonds. The third-order valence-corrected chi connectivity index (χ3v) is 4.12. The maximum Gasteiger partial charge on any atom is 0.296 e. The van der Waals surface area contributed by atoms with E-state index >= 15 is 0 Å². The van der Waals surface area contributed by atoms with Crippen molar-refractivity contribution in [2.24, 2.45) is 0 Å². The third kappa shape index (κ3) is 2.02. The average molecular weight is 287 g/mol. The van der Waals surface area contributed by atoms with E-state index in [9.17, 15) is 20.2 Å². The number of hydrogen-bond acceptors (Lipinski definition) is 7. The largest absolute Gasteiger partial charge is 0.494 e. The topological polar surface area (TPSA) is 119 Å². The highest BCUT2D eigenvalue weighted by Crippen LogP contribution is 2.44. The quantitative estimate of drug-likeness (QED) is 0.542. The van der Waals surface area contributed by atoms with Crippen LogP contribution in [-0.4, -0.2) is 64.3 Å². The van der Waals surface area contributed by atoms with E-state index in [1.165, 1.54) is 13.2 Å². The first-order valence-corrected chi connectivity index (χ1v) is 6.27. The number of nitrogens with zero attached hydrogens (tertiary/aromatic N) is 3. The van der Waals surface area contributed by atoms with Crippen LogP contribution in [0.5, 0.6) is 0 Å². The molecule has 2 atom stereocenters. The number of piperidine rings is 1. The lowest BCUT2D eigenvalue weighted by molar-refractivity contribution is -0.624. The molecule has 1 heterocycles. The fraction of sp³-hybridized carbons (Fsp3) is 0.818. The highest BCUT2D eigenvalue weighted by atomic mass is 16.6. The number of fused-ring (bicyclic) bond motifs is 2. The minimum atomic E-state index is -1.60. The predicted octanol–water partition coefficient (Wildman–Crippen LogP) is -0.351. The van der Waals surface area contributed by atoms with Crippen LogP contribution in [0.15, 0.2) is 11.8 Å². The molecular weight excluding hydrogens is 270 g/mol. The van der Waals surface area contributed by atoms with Crippen LogP contribution in [0.25, 0.3) is 0 Å². The summed E-state index contributed by atoms with van der Waals surface area (Å²) >= 11 is 0. The molecular formula is C11H17N3O6. The minimum absolute atomic E-state index is 0.00975. The van der Waals surface area contributed by atoms with E-state index in [-0.39, 0.29) is 44.8 Å². The van der Waals surface area contributed by atoms with Crippen molar-refractivity contribution in [1.82, 2.24) is 4.90 Å². The van der Waals surface area contributed by atoms with Crippen molar-refractivity contribution in [3.05, 3.63) is 32.1 Å². The summed E-state index contributed by atoms with van der Waals surface area (Å²) in [4.78, 5) is 23.6. The zero-order chi connectivity index (χ0) is 15.0. The Morgan fingerprint density at radius 2 is 2.10 bits per heavy atom. The molecule has 0 aromatic heterocycles. The molecule has 20 heavy (non-hydrogen) atoms. The number of methoxy groups -OCH3 is 1. The Morgan fingerprint density at radius 3 is 2.60 bits per heavy atom. The van der Waals surface area contributed by atoms with Crippen molar-refractivity contribution in [1.29, 1.82) is 0 Å². The van der Waals surface area contributed by atoms with Gasteiger partial charge in [0.2, 0.25) is 5.54 Å². The average Bonchev–Trinajstić information content (AvgIpc) is 2.38. The SMILES string of the molecule is COC1=CC[C@]2([N+](=O)[O-])CN(CCO)C[C@]1([N+](=O)[O-])C2. The standard InChI is InChI=1S/C11H17N3O6/c1-20-9-2-3-10(13(16)17)6-11(9,14(18)19)8-12(7-10)4-5-15/h2,15H,3-8H2,1H3/t10-,11-/m1/s1. The van der Waals surface area contributed by atoms with Gasteiger partial charge in [-0.25, -0.2) is 0 Å². The first kappa shape index (κ1) is 14.7. The van der Waals surface area contributed by atoms with E-state index < -0.39 is 20.9 Å². The Kier molecular flexibility index (Phi) is 3.65. The van der Waals surface area contributed by atoms with Crippen LogP contribution in [0.3, 0.4) is 0 Å². The molecule has 0 aromatic carbocycles. The monoisotopic (exact) mass is 287 g/mol. The molecule has 1 saturated heterocycles. The third-order valence-electron chi connectivity index (χ3n) is 4.12. The summed E-state index contributed by atoms with van der Waals surface area (Å²) < 4.78 is 5.10. The second-order valence-corrected chi connectivity index (χ2v) is 5.36. The van der Waals surface area contributed by atoms with Crippen molar-refractivity contribution >= 4 is 0 Å². The lowest BCUT2D eigenvalue weighted by Crippen LogP contribution is -2.67. The number of β-amino-alcohol motifs (C(OH)–C–C–N with tert-alkyl or cyclic N) is 1. The lowest BCUT2D eigenvalue weighted by Gasteiger charge is -2.45. The van der Waals surface area contributed by atoms with Crippen LogP contribution in [0.1, 0.15) is 12.8 Å². The van der Waals surface area contributed by atoms with Gasteiger partial charge in [0.05, 0.1) is 33.2 Å². The fourth-order valence-electron chi connectivity index (χ4n) is 3.25. The van der Waals surface area contributed by atoms with Gasteiger partial charge < -0.3 is 9.84 Å². The molecule has 1 aliphatic heterocycles. The van der Waals surface area contributed by atoms with E-state index in [0.29, 0.717) is 0 Å². The molecule has 0 saturated carbocycles. The number of hydrogen-bond donors (Lipinski definition) is 1. The van der Waals surface area contributed by atoms with Crippen molar-refractivity contribution < 1.29 is 19.7 Å². The number of likely N-dealkylation sites (tertiary alicyclic amines) is 1. The molecule has 2 rings (SSSR count). The number of ether oxygens (including phenoxy) is 1. The van der Waals surface area contributed by atoms with E-state index in [1.54, 1.807) is 4.90 Å². The summed E-state index contributed by atoms with van der Waals surface area (Å²) in [5.74, 6) is 0.169. The molecule has 0 aromatic rings. The summed E-state index contributed by atoms with van der Waals surface area (Å²) in [6.45, 7) is 0.0786. The highest BCUT2D eigenvalue weighted by Gasteiger charge is 2.66. The Labute approximate surface area is 115 Å². The van der Waals surface area contributed by atoms with Crippen LogP contribution in [-0.2, 0) is 4.74 Å². The van der Waals surface area contributed by atoms with Crippen molar-refractivity contribution in [3.63, 3.8) is 0 Å². The van der Waals surface area contributed by atoms with Crippen LogP contribution in [0.2, 0.25) is 0 Å². The van der Waals surface area contributed by atoms with Gasteiger partial charge in [0, 0.05) is 22.8 Å². The number of nitro groups is 2. The summed E-state index contributed by atoms with van der Waals surface area (Å²) in [5.41, 5.74) is -2.99. The van der Waals surface area contributed by atoms with E-state index in [4.69, 9.17) is 9.84 Å². The summed E-state index contributed by atoms with van der Waals surface area (Å²) in [7, 11) is 1.33. The lowest BCUT2D eigenvalue weighted by atomic mass is 9.71. The molecule has 0 spiro atoms. The van der Waals surface area contributed by atoms with Gasteiger partial charge in [-0.05, 0) is 6.08 Å². The van der Waals surface area contributed by atoms with Gasteiger partial charge in [-0.15, -0.1) is 0 Å². The van der Waals surface area contributed by atoms with Gasteiger partial charge in [0.1, 0.15) is 0 Å². The maximum atomic E-state index is 11.5. The molecule has 9 nitrogen and oxygen atoms in total. The van der Waals surface area contributed by atoms with Crippen molar-refractivity contribution in [3.8, 4) is 0 Å². The smallest absolute Gasteiger partial charge is 0.296 e. The first-order chi connectivity index (χ1) is 9.40. The van der Waals surface area contributed by atoms with Crippen LogP contribution in [0, 0.1) is 20.2 Å².